The van der Waals surface area contributed by atoms with E-state index in [4.69, 9.17) is 0 Å². The van der Waals surface area contributed by atoms with Crippen LogP contribution in [0.4, 0.5) is 5.69 Å². The van der Waals surface area contributed by atoms with Gasteiger partial charge in [0.2, 0.25) is 0 Å². The summed E-state index contributed by atoms with van der Waals surface area (Å²) in [7, 11) is 6.18. The standard InChI is InChI=1S/C22H35N5O2/c1-25(2)19-10-8-17(9-11-19)20(27-14-12-26(3)13-15-27)16-23-21(28)22(29)24-18-6-4-5-7-18/h8-11,18,20H,4-7,12-16H2,1-3H3,(H,23,28)(H,24,29). The molecular formula is C22H35N5O2. The van der Waals surface area contributed by atoms with Crippen LogP contribution in [0, 0.1) is 0 Å². The Morgan fingerprint density at radius 3 is 2.24 bits per heavy atom. The summed E-state index contributed by atoms with van der Waals surface area (Å²) in [6.07, 6.45) is 4.20. The second-order valence-electron chi connectivity index (χ2n) is 8.51. The molecule has 2 aliphatic rings. The molecule has 1 unspecified atom stereocenters. The lowest BCUT2D eigenvalue weighted by atomic mass is 10.0. The van der Waals surface area contributed by atoms with Crippen molar-refractivity contribution in [1.82, 2.24) is 20.4 Å². The van der Waals surface area contributed by atoms with Crippen LogP contribution in [-0.2, 0) is 9.59 Å². The number of hydrogen-bond donors (Lipinski definition) is 2. The van der Waals surface area contributed by atoms with E-state index in [9.17, 15) is 9.59 Å². The Labute approximate surface area is 174 Å². The van der Waals surface area contributed by atoms with Crippen molar-refractivity contribution in [2.75, 3.05) is 58.8 Å². The van der Waals surface area contributed by atoms with Crippen molar-refractivity contribution in [3.63, 3.8) is 0 Å². The lowest BCUT2D eigenvalue weighted by molar-refractivity contribution is -0.139. The van der Waals surface area contributed by atoms with Crippen molar-refractivity contribution in [3.8, 4) is 0 Å². The third kappa shape index (κ3) is 5.93. The van der Waals surface area contributed by atoms with E-state index in [0.29, 0.717) is 6.54 Å². The monoisotopic (exact) mass is 401 g/mol. The molecule has 1 atom stereocenters. The van der Waals surface area contributed by atoms with Gasteiger partial charge in [0.25, 0.3) is 0 Å². The number of rotatable bonds is 6. The summed E-state index contributed by atoms with van der Waals surface area (Å²) in [4.78, 5) is 31.4. The number of nitrogens with zero attached hydrogens (tertiary/aromatic N) is 3. The van der Waals surface area contributed by atoms with Crippen molar-refractivity contribution < 1.29 is 9.59 Å². The molecule has 1 aromatic carbocycles. The van der Waals surface area contributed by atoms with Gasteiger partial charge >= 0.3 is 11.8 Å². The summed E-state index contributed by atoms with van der Waals surface area (Å²) in [6.45, 7) is 4.33. The molecule has 160 valence electrons. The number of benzene rings is 1. The molecule has 0 aromatic heterocycles. The Bertz CT molecular complexity index is 677. The number of carbonyl (C=O) groups excluding carboxylic acids is 2. The molecule has 7 heteroatoms. The van der Waals surface area contributed by atoms with Gasteiger partial charge in [0, 0.05) is 58.5 Å². The zero-order valence-corrected chi connectivity index (χ0v) is 18.0. The van der Waals surface area contributed by atoms with Crippen LogP contribution in [0.1, 0.15) is 37.3 Å². The van der Waals surface area contributed by atoms with Crippen LogP contribution in [0.2, 0.25) is 0 Å². The van der Waals surface area contributed by atoms with E-state index >= 15 is 0 Å². The third-order valence-corrected chi connectivity index (χ3v) is 6.13. The van der Waals surface area contributed by atoms with Crippen LogP contribution in [0.3, 0.4) is 0 Å². The smallest absolute Gasteiger partial charge is 0.309 e. The summed E-state index contributed by atoms with van der Waals surface area (Å²) in [6, 6.07) is 8.68. The van der Waals surface area contributed by atoms with Crippen LogP contribution >= 0.6 is 0 Å². The lowest BCUT2D eigenvalue weighted by Gasteiger charge is -2.38. The van der Waals surface area contributed by atoms with Crippen molar-refractivity contribution >= 4 is 17.5 Å². The molecule has 2 N–H and O–H groups in total. The molecule has 29 heavy (non-hydrogen) atoms. The molecule has 2 fully saturated rings. The highest BCUT2D eigenvalue weighted by Gasteiger charge is 2.26. The zero-order valence-electron chi connectivity index (χ0n) is 18.0. The van der Waals surface area contributed by atoms with E-state index in [0.717, 1.165) is 63.1 Å². The van der Waals surface area contributed by atoms with Crippen LogP contribution in [0.15, 0.2) is 24.3 Å². The van der Waals surface area contributed by atoms with Gasteiger partial charge in [0.1, 0.15) is 0 Å². The van der Waals surface area contributed by atoms with Crippen molar-refractivity contribution in [1.29, 1.82) is 0 Å². The van der Waals surface area contributed by atoms with E-state index in [-0.39, 0.29) is 12.1 Å². The summed E-state index contributed by atoms with van der Waals surface area (Å²) < 4.78 is 0. The quantitative estimate of drug-likeness (QED) is 0.702. The minimum absolute atomic E-state index is 0.0585. The molecule has 7 nitrogen and oxygen atoms in total. The first-order chi connectivity index (χ1) is 13.9. The fraction of sp³-hybridized carbons (Fsp3) is 0.636. The summed E-state index contributed by atoms with van der Waals surface area (Å²) in [5.41, 5.74) is 2.31. The minimum atomic E-state index is -0.527. The fourth-order valence-corrected chi connectivity index (χ4v) is 4.18. The summed E-state index contributed by atoms with van der Waals surface area (Å²) in [5, 5.41) is 5.75. The second-order valence-corrected chi connectivity index (χ2v) is 8.51. The van der Waals surface area contributed by atoms with Crippen molar-refractivity contribution in [2.24, 2.45) is 0 Å². The number of hydrogen-bond acceptors (Lipinski definition) is 5. The molecule has 0 bridgehead atoms. The average Bonchev–Trinajstić information content (AvgIpc) is 3.22. The van der Waals surface area contributed by atoms with Gasteiger partial charge in [-0.1, -0.05) is 25.0 Å². The molecule has 1 aromatic rings. The Kier molecular flexibility index (Phi) is 7.50. The minimum Gasteiger partial charge on any atom is -0.378 e. The zero-order chi connectivity index (χ0) is 20.8. The van der Waals surface area contributed by atoms with Crippen LogP contribution < -0.4 is 15.5 Å². The maximum atomic E-state index is 12.4. The highest BCUT2D eigenvalue weighted by atomic mass is 16.2. The topological polar surface area (TPSA) is 67.9 Å². The van der Waals surface area contributed by atoms with Gasteiger partial charge in [-0.05, 0) is 37.6 Å². The Morgan fingerprint density at radius 1 is 1.03 bits per heavy atom. The first-order valence-corrected chi connectivity index (χ1v) is 10.7. The van der Waals surface area contributed by atoms with Gasteiger partial charge < -0.3 is 20.4 Å². The summed E-state index contributed by atoms with van der Waals surface area (Å²) in [5.74, 6) is -1.03. The number of carbonyl (C=O) groups is 2. The van der Waals surface area contributed by atoms with E-state index in [1.807, 2.05) is 14.1 Å². The van der Waals surface area contributed by atoms with Crippen LogP contribution in [0.25, 0.3) is 0 Å². The molecule has 0 spiro atoms. The highest BCUT2D eigenvalue weighted by molar-refractivity contribution is 6.35. The van der Waals surface area contributed by atoms with Gasteiger partial charge in [0.05, 0.1) is 6.04 Å². The lowest BCUT2D eigenvalue weighted by Crippen LogP contribution is -2.50. The molecule has 1 aliphatic heterocycles. The SMILES string of the molecule is CN1CCN(C(CNC(=O)C(=O)NC2CCCC2)c2ccc(N(C)C)cc2)CC1. The number of likely N-dealkylation sites (N-methyl/N-ethyl adjacent to an activating group) is 1. The number of piperazine rings is 1. The maximum absolute atomic E-state index is 12.4. The first kappa shape index (κ1) is 21.6. The van der Waals surface area contributed by atoms with Crippen LogP contribution in [0.5, 0.6) is 0 Å². The van der Waals surface area contributed by atoms with E-state index in [1.165, 1.54) is 0 Å². The van der Waals surface area contributed by atoms with Crippen LogP contribution in [-0.4, -0.2) is 81.5 Å². The van der Waals surface area contributed by atoms with Gasteiger partial charge in [-0.2, -0.15) is 0 Å². The summed E-state index contributed by atoms with van der Waals surface area (Å²) >= 11 is 0. The molecule has 1 aliphatic carbocycles. The molecule has 2 amide bonds. The Hall–Kier alpha value is -2.12. The maximum Gasteiger partial charge on any atom is 0.309 e. The molecule has 1 saturated heterocycles. The van der Waals surface area contributed by atoms with E-state index in [1.54, 1.807) is 0 Å². The second kappa shape index (κ2) is 10.1. The van der Waals surface area contributed by atoms with Gasteiger partial charge in [0.15, 0.2) is 0 Å². The predicted molar refractivity (Wildman–Crippen MR) is 116 cm³/mol. The Morgan fingerprint density at radius 2 is 1.66 bits per heavy atom. The number of nitrogens with one attached hydrogen (secondary N) is 2. The predicted octanol–water partition coefficient (Wildman–Crippen LogP) is 1.22. The average molecular weight is 402 g/mol. The molecular weight excluding hydrogens is 366 g/mol. The van der Waals surface area contributed by atoms with Gasteiger partial charge in [-0.3, -0.25) is 14.5 Å². The molecule has 3 rings (SSSR count). The van der Waals surface area contributed by atoms with E-state index in [2.05, 4.69) is 56.6 Å². The molecule has 1 heterocycles. The van der Waals surface area contributed by atoms with Gasteiger partial charge in [-0.15, -0.1) is 0 Å². The van der Waals surface area contributed by atoms with Gasteiger partial charge in [-0.25, -0.2) is 0 Å². The third-order valence-electron chi connectivity index (χ3n) is 6.13. The first-order valence-electron chi connectivity index (χ1n) is 10.7. The van der Waals surface area contributed by atoms with Crippen molar-refractivity contribution in [2.45, 2.75) is 37.8 Å². The fourth-order valence-electron chi connectivity index (χ4n) is 4.18. The largest absolute Gasteiger partial charge is 0.378 e. The van der Waals surface area contributed by atoms with Crippen molar-refractivity contribution in [3.05, 3.63) is 29.8 Å². The number of amides is 2. The Balaban J connectivity index is 1.64. The molecule has 0 radical (unpaired) electrons. The number of anilines is 1. The van der Waals surface area contributed by atoms with E-state index < -0.39 is 11.8 Å². The molecule has 1 saturated carbocycles. The normalized spacial score (nSPS) is 19.7. The highest BCUT2D eigenvalue weighted by Crippen LogP contribution is 2.24.